The Morgan fingerprint density at radius 2 is 0.943 bits per heavy atom. The van der Waals surface area contributed by atoms with Crippen molar-refractivity contribution in [2.45, 2.75) is 61.2 Å². The van der Waals surface area contributed by atoms with Crippen LogP contribution in [0.2, 0.25) is 0 Å². The van der Waals surface area contributed by atoms with Gasteiger partial charge in [0.2, 0.25) is 0 Å². The van der Waals surface area contributed by atoms with Crippen LogP contribution < -0.4 is 20.7 Å². The van der Waals surface area contributed by atoms with Crippen molar-refractivity contribution in [2.75, 3.05) is 0 Å². The van der Waals surface area contributed by atoms with Crippen LogP contribution in [0, 0.1) is 48.5 Å². The fourth-order valence-corrected chi connectivity index (χ4v) is 9.88. The van der Waals surface area contributed by atoms with E-state index in [2.05, 4.69) is 0 Å². The molecule has 1 unspecified atom stereocenters. The molecule has 3 aliphatic heterocycles. The Bertz CT molecular complexity index is 4390. The monoisotopic (exact) mass is 1190 g/mol. The first-order chi connectivity index (χ1) is 40.2. The van der Waals surface area contributed by atoms with Crippen molar-refractivity contribution in [1.29, 1.82) is 0 Å². The Morgan fingerprint density at radius 1 is 0.471 bits per heavy atom. The molecular formula is C68H67O19+. The predicted molar refractivity (Wildman–Crippen MR) is 331 cm³/mol. The van der Waals surface area contributed by atoms with Gasteiger partial charge in [0.05, 0.1) is 22.6 Å². The summed E-state index contributed by atoms with van der Waals surface area (Å²) in [6.07, 6.45) is 1.78. The highest BCUT2D eigenvalue weighted by Crippen LogP contribution is 2.45. The maximum Gasteiger partial charge on any atom is 1.00 e. The molecule has 4 heterocycles. The van der Waals surface area contributed by atoms with E-state index >= 15 is 0 Å². The van der Waals surface area contributed by atoms with Crippen molar-refractivity contribution < 1.29 is 90.8 Å². The van der Waals surface area contributed by atoms with Crippen LogP contribution in [0.5, 0.6) is 63.2 Å². The summed E-state index contributed by atoms with van der Waals surface area (Å²) in [4.78, 5) is 23.2. The van der Waals surface area contributed by atoms with Crippen LogP contribution >= 0.6 is 0 Å². The second kappa shape index (κ2) is 25.1. The minimum Gasteiger partial charge on any atom is -0.870 e. The summed E-state index contributed by atoms with van der Waals surface area (Å²) in [6, 6.07) is 35.4. The molecule has 2 aliphatic carbocycles. The molecule has 0 amide bonds. The average molecular weight is 1190 g/mol. The lowest BCUT2D eigenvalue weighted by atomic mass is 9.92. The van der Waals surface area contributed by atoms with Gasteiger partial charge in [0.15, 0.2) is 45.4 Å². The molecule has 452 valence electrons. The van der Waals surface area contributed by atoms with E-state index in [-0.39, 0.29) is 84.8 Å². The number of aromatic hydroxyl groups is 9. The van der Waals surface area contributed by atoms with Crippen LogP contribution in [0.3, 0.4) is 0 Å². The van der Waals surface area contributed by atoms with Crippen molar-refractivity contribution in [3.8, 4) is 120 Å². The third-order valence-electron chi connectivity index (χ3n) is 14.3. The third kappa shape index (κ3) is 13.2. The molecule has 13 N–H and O–H groups in total. The van der Waals surface area contributed by atoms with Crippen LogP contribution in [0.25, 0.3) is 73.7 Å². The first-order valence-corrected chi connectivity index (χ1v) is 26.4. The summed E-state index contributed by atoms with van der Waals surface area (Å²) in [5.41, 5.74) is 11.7. The quantitative estimate of drug-likeness (QED) is 0.0578. The van der Waals surface area contributed by atoms with E-state index in [1.807, 2.05) is 66.7 Å². The molecule has 0 radical (unpaired) electrons. The number of ether oxygens (including phenoxy) is 1. The summed E-state index contributed by atoms with van der Waals surface area (Å²) in [5.74, 6) is -0.730. The summed E-state index contributed by atoms with van der Waals surface area (Å²) in [5, 5.41) is 109. The molecule has 19 nitrogen and oxygen atoms in total. The number of fused-ring (bicyclic) bond motifs is 4. The first-order valence-electron chi connectivity index (χ1n) is 26.4. The predicted octanol–water partition coefficient (Wildman–Crippen LogP) is 12.8. The van der Waals surface area contributed by atoms with Gasteiger partial charge in [0, 0.05) is 66.1 Å². The Kier molecular flexibility index (Phi) is 18.3. The minimum absolute atomic E-state index is 0. The van der Waals surface area contributed by atoms with Gasteiger partial charge in [-0.15, -0.1) is 0 Å². The molecule has 0 saturated heterocycles. The SMILES string of the molecule is CC1=Cc2c(C)cc(O)cc2OC1(O)c1ccc(O)c(O)c1.Cc1cc(=O)cc2oc(-c3ccc(O)c(O)c3)c(C)cc1-2.Cc1cc(=O)cc2oc(-c3ccc([O-])c(O)c3)c(C)cc1-2.Cc1cc2c(C)cc(O)cc2[o+]c1-c1ccc(O)c(O)c1.O.[H+].[H+].[HH].[HH].[OH-]. The van der Waals surface area contributed by atoms with Gasteiger partial charge in [-0.05, 0) is 192 Å². The Morgan fingerprint density at radius 3 is 1.47 bits per heavy atom. The highest BCUT2D eigenvalue weighted by molar-refractivity contribution is 5.85. The van der Waals surface area contributed by atoms with Crippen molar-refractivity contribution in [3.63, 3.8) is 0 Å². The maximum atomic E-state index is 11.6. The number of phenolic OH excluding ortho intramolecular Hbond substituents is 9. The number of aliphatic hydroxyl groups is 1. The summed E-state index contributed by atoms with van der Waals surface area (Å²) in [6.45, 7) is 14.9. The number of rotatable bonds is 4. The van der Waals surface area contributed by atoms with Crippen LogP contribution in [-0.4, -0.2) is 62.0 Å². The Balaban J connectivity index is 0.000000310. The number of hydrogen-bond donors (Lipinski definition) is 10. The van der Waals surface area contributed by atoms with E-state index in [1.165, 1.54) is 72.8 Å². The highest BCUT2D eigenvalue weighted by Gasteiger charge is 2.39. The van der Waals surface area contributed by atoms with Crippen LogP contribution in [0.4, 0.5) is 0 Å². The number of hydrogen-bond acceptors (Lipinski definition) is 17. The Labute approximate surface area is 502 Å². The summed E-state index contributed by atoms with van der Waals surface area (Å²) < 4.78 is 23.3. The zero-order valence-corrected chi connectivity index (χ0v) is 48.1. The number of aryl methyl sites for hydroxylation is 7. The second-order valence-corrected chi connectivity index (χ2v) is 20.8. The molecule has 1 aromatic heterocycles. The maximum absolute atomic E-state index is 11.6. The van der Waals surface area contributed by atoms with E-state index in [9.17, 15) is 65.8 Å². The van der Waals surface area contributed by atoms with Crippen molar-refractivity contribution in [2.24, 2.45) is 0 Å². The second-order valence-electron chi connectivity index (χ2n) is 20.8. The van der Waals surface area contributed by atoms with Gasteiger partial charge in [-0.3, -0.25) is 9.59 Å². The molecule has 0 spiro atoms. The van der Waals surface area contributed by atoms with Crippen molar-refractivity contribution >= 4 is 17.0 Å². The molecule has 0 bridgehead atoms. The first kappa shape index (κ1) is 63.6. The highest BCUT2D eigenvalue weighted by atomic mass is 16.6. The molecule has 6 aromatic carbocycles. The zero-order chi connectivity index (χ0) is 61.5. The van der Waals surface area contributed by atoms with Crippen LogP contribution in [0.1, 0.15) is 62.7 Å². The van der Waals surface area contributed by atoms with E-state index in [0.717, 1.165) is 61.0 Å². The molecular weight excluding hydrogens is 1120 g/mol. The lowest BCUT2D eigenvalue weighted by Gasteiger charge is -2.35. The standard InChI is InChI=1S/C17H16O5.3C17H14O4.2H2O.2H2/c1-9-5-12(18)8-16-13(9)6-10(2)17(21,22-16)11-3-4-14(19)15(20)7-11;3*1-9-5-12(18)8-16-13(9)6-10(2)17(21-16)11-3-4-14(19)15(20)7-11;;;;/h3-8,18-21H,1-2H3;3-8H,1-2H3,(H2-,18,19,20);2*3-8,19-20H,1-2H3;2*1H2;2*1H/p+1. The molecule has 5 aliphatic rings. The van der Waals surface area contributed by atoms with Gasteiger partial charge in [-0.2, -0.15) is 0 Å². The van der Waals surface area contributed by atoms with E-state index in [0.29, 0.717) is 62.4 Å². The van der Waals surface area contributed by atoms with E-state index in [1.54, 1.807) is 61.5 Å². The Hall–Kier alpha value is -11.0. The van der Waals surface area contributed by atoms with E-state index in [4.69, 9.17) is 18.0 Å². The molecule has 87 heavy (non-hydrogen) atoms. The van der Waals surface area contributed by atoms with Crippen LogP contribution in [-0.2, 0) is 5.79 Å². The summed E-state index contributed by atoms with van der Waals surface area (Å²) >= 11 is 0. The summed E-state index contributed by atoms with van der Waals surface area (Å²) in [7, 11) is 0. The molecule has 0 saturated carbocycles. The molecule has 12 rings (SSSR count). The lowest BCUT2D eigenvalue weighted by Crippen LogP contribution is -2.36. The molecule has 7 aromatic rings. The average Bonchev–Trinajstić information content (AvgIpc) is 0.789. The normalized spacial score (nSPS) is 13.0. The molecule has 19 heteroatoms. The van der Waals surface area contributed by atoms with Gasteiger partial charge < -0.3 is 80.7 Å². The van der Waals surface area contributed by atoms with E-state index < -0.39 is 11.5 Å². The fraction of sp³-hybridized carbons (Fsp3) is 0.132. The van der Waals surface area contributed by atoms with Gasteiger partial charge in [0.1, 0.15) is 46.0 Å². The molecule has 1 atom stereocenters. The third-order valence-corrected chi connectivity index (χ3v) is 14.3. The van der Waals surface area contributed by atoms with Crippen molar-refractivity contribution in [1.82, 2.24) is 0 Å². The zero-order valence-electron chi connectivity index (χ0n) is 50.1. The smallest absolute Gasteiger partial charge is 0.870 e. The van der Waals surface area contributed by atoms with Gasteiger partial charge in [-0.25, -0.2) is 4.42 Å². The van der Waals surface area contributed by atoms with Crippen LogP contribution in [0.15, 0.2) is 168 Å². The topological polar surface area (TPSA) is 368 Å². The lowest BCUT2D eigenvalue weighted by molar-refractivity contribution is -0.270. The minimum atomic E-state index is -1.78. The molecule has 0 fully saturated rings. The largest absolute Gasteiger partial charge is 1.00 e. The fourth-order valence-electron chi connectivity index (χ4n) is 9.88. The van der Waals surface area contributed by atoms with Gasteiger partial charge >= 0.3 is 14.2 Å². The van der Waals surface area contributed by atoms with Gasteiger partial charge in [-0.1, -0.05) is 17.9 Å². The van der Waals surface area contributed by atoms with Gasteiger partial charge in [0.25, 0.3) is 5.79 Å². The van der Waals surface area contributed by atoms with Crippen molar-refractivity contribution in [3.05, 3.63) is 216 Å². The number of phenols is 9. The number of benzene rings is 8.